The van der Waals surface area contributed by atoms with Gasteiger partial charge in [0.1, 0.15) is 11.3 Å². The van der Waals surface area contributed by atoms with Crippen LogP contribution in [0.5, 0.6) is 5.75 Å². The molecule has 160 valence electrons. The molecule has 2 aromatic rings. The van der Waals surface area contributed by atoms with Crippen molar-refractivity contribution in [3.8, 4) is 17.0 Å². The van der Waals surface area contributed by atoms with Gasteiger partial charge in [-0.2, -0.15) is 19.2 Å². The minimum absolute atomic E-state index is 0.0502. The van der Waals surface area contributed by atoms with Gasteiger partial charge in [-0.25, -0.2) is 0 Å². The van der Waals surface area contributed by atoms with Crippen molar-refractivity contribution in [3.05, 3.63) is 42.6 Å². The maximum atomic E-state index is 13.2. The van der Waals surface area contributed by atoms with Gasteiger partial charge in [0, 0.05) is 17.8 Å². The first-order valence-corrected chi connectivity index (χ1v) is 9.77. The number of carbonyl (C=O) groups is 1. The minimum atomic E-state index is -0.384. The molecule has 0 amide bonds. The zero-order valence-electron chi connectivity index (χ0n) is 17.6. The highest BCUT2D eigenvalue weighted by Crippen LogP contribution is 2.41. The number of Topliss-reactive ketones (excluding diaryl/α,β-unsaturated/α-hetero) is 1. The third kappa shape index (κ3) is 5.86. The average Bonchev–Trinajstić information content (AvgIpc) is 3.25. The second-order valence-electron chi connectivity index (χ2n) is 7.27. The molecule has 3 rings (SSSR count). The van der Waals surface area contributed by atoms with E-state index in [1.54, 1.807) is 7.11 Å². The number of ketones is 1. The van der Waals surface area contributed by atoms with Crippen LogP contribution in [-0.4, -0.2) is 29.8 Å². The summed E-state index contributed by atoms with van der Waals surface area (Å²) in [6.07, 6.45) is 7.96. The van der Waals surface area contributed by atoms with Crippen LogP contribution >= 0.6 is 0 Å². The molecule has 1 aromatic carbocycles. The van der Waals surface area contributed by atoms with Gasteiger partial charge in [0.05, 0.1) is 7.11 Å². The summed E-state index contributed by atoms with van der Waals surface area (Å²) in [5, 5.41) is 0. The Balaban J connectivity index is 0.000000672. The fourth-order valence-corrected chi connectivity index (χ4v) is 4.03. The molecular formula is C23H27NO6. The molecule has 7 nitrogen and oxygen atoms in total. The normalized spacial score (nSPS) is 14.1. The first-order valence-electron chi connectivity index (χ1n) is 9.77. The van der Waals surface area contributed by atoms with Crippen molar-refractivity contribution in [3.63, 3.8) is 0 Å². The molecule has 1 aromatic heterocycles. The summed E-state index contributed by atoms with van der Waals surface area (Å²) in [5.74, 6) is 1.27. The van der Waals surface area contributed by atoms with Crippen LogP contribution in [0.4, 0.5) is 0 Å². The number of ether oxygens (including phenoxy) is 1. The van der Waals surface area contributed by atoms with Crippen molar-refractivity contribution < 1.29 is 28.7 Å². The van der Waals surface area contributed by atoms with Gasteiger partial charge < -0.3 is 9.30 Å². The van der Waals surface area contributed by atoms with Crippen molar-refractivity contribution in [1.29, 1.82) is 0 Å². The monoisotopic (exact) mass is 413 g/mol. The van der Waals surface area contributed by atoms with Crippen LogP contribution in [-0.2, 0) is 29.5 Å². The van der Waals surface area contributed by atoms with Crippen LogP contribution in [0.1, 0.15) is 46.0 Å². The highest BCUT2D eigenvalue weighted by atomic mass is 16.5. The summed E-state index contributed by atoms with van der Waals surface area (Å²) < 4.78 is 7.51. The van der Waals surface area contributed by atoms with Crippen molar-refractivity contribution in [2.75, 3.05) is 7.11 Å². The van der Waals surface area contributed by atoms with E-state index in [9.17, 15) is 4.79 Å². The Labute approximate surface area is 176 Å². The molecule has 0 atom stereocenters. The van der Waals surface area contributed by atoms with Crippen LogP contribution in [0.15, 0.2) is 42.6 Å². The smallest absolute Gasteiger partial charge is 0.373 e. The van der Waals surface area contributed by atoms with Crippen LogP contribution in [0, 0.1) is 5.92 Å². The third-order valence-electron chi connectivity index (χ3n) is 5.26. The Morgan fingerprint density at radius 1 is 0.967 bits per heavy atom. The van der Waals surface area contributed by atoms with Gasteiger partial charge >= 0.3 is 12.3 Å². The molecule has 7 heteroatoms. The van der Waals surface area contributed by atoms with Gasteiger partial charge in [0.25, 0.3) is 0 Å². The summed E-state index contributed by atoms with van der Waals surface area (Å²) in [7, 11) is 1.68. The topological polar surface area (TPSA) is 99.5 Å². The minimum Gasteiger partial charge on any atom is -0.497 e. The van der Waals surface area contributed by atoms with E-state index < -0.39 is 0 Å². The fourth-order valence-electron chi connectivity index (χ4n) is 4.03. The van der Waals surface area contributed by atoms with Crippen molar-refractivity contribution in [1.82, 2.24) is 4.57 Å². The number of rotatable bonds is 5. The molecular weight excluding hydrogens is 386 g/mol. The number of aromatic nitrogens is 1. The standard InChI is InChI=1S/C21H27NO2.2CO2/c1-16(2)20(23)21(13-5-4-6-14-21)22-15-7-8-19(22)17-9-11-18(24-3)12-10-17;2*2-1-3/h7-12,15-16H,4-6,13-14H2,1-3H3;;. The molecule has 1 aliphatic carbocycles. The maximum Gasteiger partial charge on any atom is 0.373 e. The summed E-state index contributed by atoms with van der Waals surface area (Å²) in [6.45, 7) is 4.05. The molecule has 1 aliphatic rings. The van der Waals surface area contributed by atoms with E-state index in [0.717, 1.165) is 42.7 Å². The summed E-state index contributed by atoms with van der Waals surface area (Å²) in [4.78, 5) is 45.7. The van der Waals surface area contributed by atoms with Gasteiger partial charge in [-0.15, -0.1) is 0 Å². The van der Waals surface area contributed by atoms with E-state index >= 15 is 0 Å². The van der Waals surface area contributed by atoms with E-state index in [2.05, 4.69) is 35.0 Å². The fraction of sp³-hybridized carbons (Fsp3) is 0.435. The maximum absolute atomic E-state index is 13.2. The number of hydrogen-bond donors (Lipinski definition) is 0. The second kappa shape index (κ2) is 12.3. The number of nitrogens with zero attached hydrogens (tertiary/aromatic N) is 1. The van der Waals surface area contributed by atoms with Crippen molar-refractivity contribution in [2.45, 2.75) is 51.5 Å². The predicted octanol–water partition coefficient (Wildman–Crippen LogP) is 3.88. The predicted molar refractivity (Wildman–Crippen MR) is 107 cm³/mol. The van der Waals surface area contributed by atoms with E-state index in [1.807, 2.05) is 26.0 Å². The average molecular weight is 413 g/mol. The number of carbonyl (C=O) groups excluding carboxylic acids is 5. The number of benzene rings is 1. The molecule has 0 unspecified atom stereocenters. The molecule has 1 heterocycles. The molecule has 1 fully saturated rings. The number of hydrogen-bond acceptors (Lipinski definition) is 6. The van der Waals surface area contributed by atoms with E-state index in [1.165, 1.54) is 6.42 Å². The Kier molecular flexibility index (Phi) is 10.2. The van der Waals surface area contributed by atoms with Crippen LogP contribution in [0.2, 0.25) is 0 Å². The van der Waals surface area contributed by atoms with Gasteiger partial charge in [-0.1, -0.05) is 33.1 Å². The summed E-state index contributed by atoms with van der Waals surface area (Å²) in [6, 6.07) is 12.3. The molecule has 0 saturated heterocycles. The highest BCUT2D eigenvalue weighted by Gasteiger charge is 2.42. The molecule has 1 saturated carbocycles. The van der Waals surface area contributed by atoms with Gasteiger partial charge in [0.15, 0.2) is 5.78 Å². The van der Waals surface area contributed by atoms with Crippen LogP contribution in [0.3, 0.4) is 0 Å². The zero-order chi connectivity index (χ0) is 22.6. The Bertz CT molecular complexity index is 851. The molecule has 0 N–H and O–H groups in total. The third-order valence-corrected chi connectivity index (χ3v) is 5.26. The van der Waals surface area contributed by atoms with Crippen molar-refractivity contribution >= 4 is 18.1 Å². The van der Waals surface area contributed by atoms with Crippen LogP contribution < -0.4 is 4.74 Å². The summed E-state index contributed by atoms with van der Waals surface area (Å²) >= 11 is 0. The SMILES string of the molecule is COc1ccc(-c2cccn2C2(C(=O)C(C)C)CCCCC2)cc1.O=C=O.O=C=O. The van der Waals surface area contributed by atoms with E-state index in [4.69, 9.17) is 23.9 Å². The first kappa shape index (κ1) is 24.8. The largest absolute Gasteiger partial charge is 0.497 e. The molecule has 0 bridgehead atoms. The lowest BCUT2D eigenvalue weighted by molar-refractivity contribution is -0.193. The van der Waals surface area contributed by atoms with E-state index in [0.29, 0.717) is 5.78 Å². The molecule has 30 heavy (non-hydrogen) atoms. The van der Waals surface area contributed by atoms with Gasteiger partial charge in [-0.3, -0.25) is 4.79 Å². The highest BCUT2D eigenvalue weighted by molar-refractivity contribution is 5.89. The van der Waals surface area contributed by atoms with Gasteiger partial charge in [-0.05, 0) is 54.8 Å². The lowest BCUT2D eigenvalue weighted by Crippen LogP contribution is -2.45. The molecule has 0 spiro atoms. The first-order chi connectivity index (χ1) is 14.4. The van der Waals surface area contributed by atoms with Crippen LogP contribution in [0.25, 0.3) is 11.3 Å². The second-order valence-corrected chi connectivity index (χ2v) is 7.27. The number of methoxy groups -OCH3 is 1. The van der Waals surface area contributed by atoms with E-state index in [-0.39, 0.29) is 23.8 Å². The Morgan fingerprint density at radius 3 is 1.97 bits per heavy atom. The zero-order valence-corrected chi connectivity index (χ0v) is 17.6. The summed E-state index contributed by atoms with van der Waals surface area (Å²) in [5.41, 5.74) is 1.86. The van der Waals surface area contributed by atoms with Crippen molar-refractivity contribution in [2.24, 2.45) is 5.92 Å². The Morgan fingerprint density at radius 2 is 1.50 bits per heavy atom. The lowest BCUT2D eigenvalue weighted by atomic mass is 9.75. The quantitative estimate of drug-likeness (QED) is 0.737. The lowest BCUT2D eigenvalue weighted by Gasteiger charge is -2.40. The molecule has 0 aliphatic heterocycles. The van der Waals surface area contributed by atoms with Gasteiger partial charge in [0.2, 0.25) is 0 Å². The molecule has 0 radical (unpaired) electrons. The Hall–Kier alpha value is -3.27.